The highest BCUT2D eigenvalue weighted by Gasteiger charge is 2.34. The van der Waals surface area contributed by atoms with Crippen molar-refractivity contribution in [3.05, 3.63) is 77.9 Å². The van der Waals surface area contributed by atoms with Crippen molar-refractivity contribution in [2.75, 3.05) is 27.9 Å². The lowest BCUT2D eigenvalue weighted by Crippen LogP contribution is -2.35. The number of hydrogen-bond donors (Lipinski definition) is 1. The lowest BCUT2D eigenvalue weighted by Gasteiger charge is -2.25. The number of aliphatic hydroxyl groups excluding tert-OH is 1. The second-order valence-electron chi connectivity index (χ2n) is 7.42. The number of rotatable bonds is 12. The fourth-order valence-electron chi connectivity index (χ4n) is 3.44. The van der Waals surface area contributed by atoms with E-state index in [4.69, 9.17) is 28.4 Å². The molecule has 0 amide bonds. The van der Waals surface area contributed by atoms with Crippen LogP contribution in [0.1, 0.15) is 24.2 Å². The van der Waals surface area contributed by atoms with Gasteiger partial charge in [-0.15, -0.1) is 0 Å². The molecule has 0 radical (unpaired) electrons. The Morgan fingerprint density at radius 2 is 1.40 bits per heavy atom. The highest BCUT2D eigenvalue weighted by molar-refractivity contribution is 5.76. The van der Waals surface area contributed by atoms with Crippen molar-refractivity contribution in [3.63, 3.8) is 0 Å². The Morgan fingerprint density at radius 1 is 0.829 bits per heavy atom. The molecule has 0 bridgehead atoms. The Hall–Kier alpha value is -3.91. The minimum atomic E-state index is -1.41. The van der Waals surface area contributed by atoms with Crippen LogP contribution < -0.4 is 23.7 Å². The van der Waals surface area contributed by atoms with Crippen molar-refractivity contribution in [2.45, 2.75) is 25.7 Å². The number of hydrogen-bond acceptors (Lipinski definition) is 8. The SMILES string of the molecule is CCOC(=O)[C@@H](Oc1ccccc1OC)[C@H](O)c1cc(OC)c(OCc2ccccc2)c(OC)c1. The van der Waals surface area contributed by atoms with Crippen molar-refractivity contribution >= 4 is 5.97 Å². The predicted octanol–water partition coefficient (Wildman–Crippen LogP) is 4.34. The molecule has 2 atom stereocenters. The van der Waals surface area contributed by atoms with Gasteiger partial charge in [0.25, 0.3) is 0 Å². The predicted molar refractivity (Wildman–Crippen MR) is 129 cm³/mol. The van der Waals surface area contributed by atoms with Gasteiger partial charge in [-0.3, -0.25) is 0 Å². The Kier molecular flexibility index (Phi) is 9.20. The van der Waals surface area contributed by atoms with Crippen LogP contribution in [0.25, 0.3) is 0 Å². The smallest absolute Gasteiger partial charge is 0.350 e. The summed E-state index contributed by atoms with van der Waals surface area (Å²) in [5, 5.41) is 11.2. The van der Waals surface area contributed by atoms with Crippen LogP contribution in [0.2, 0.25) is 0 Å². The van der Waals surface area contributed by atoms with E-state index in [9.17, 15) is 9.90 Å². The van der Waals surface area contributed by atoms with Crippen LogP contribution in [0.4, 0.5) is 0 Å². The van der Waals surface area contributed by atoms with Gasteiger partial charge < -0.3 is 33.5 Å². The average molecular weight is 483 g/mol. The lowest BCUT2D eigenvalue weighted by molar-refractivity contribution is -0.157. The second kappa shape index (κ2) is 12.5. The standard InChI is InChI=1S/C27H30O8/c1-5-33-27(29)26(35-21-14-10-9-13-20(21)30-2)24(28)19-15-22(31-3)25(23(16-19)32-4)34-17-18-11-7-6-8-12-18/h6-16,24,26,28H,5,17H2,1-4H3/t24-,26+/m1/s1. The fourth-order valence-corrected chi connectivity index (χ4v) is 3.44. The van der Waals surface area contributed by atoms with Crippen molar-refractivity contribution in [3.8, 4) is 28.7 Å². The average Bonchev–Trinajstić information content (AvgIpc) is 2.90. The number of methoxy groups -OCH3 is 3. The molecule has 8 nitrogen and oxygen atoms in total. The van der Waals surface area contributed by atoms with E-state index in [-0.39, 0.29) is 19.0 Å². The van der Waals surface area contributed by atoms with Crippen molar-refractivity contribution in [1.29, 1.82) is 0 Å². The first kappa shape index (κ1) is 25.7. The first-order chi connectivity index (χ1) is 17.0. The maximum atomic E-state index is 12.8. The molecule has 8 heteroatoms. The van der Waals surface area contributed by atoms with Gasteiger partial charge in [-0.2, -0.15) is 0 Å². The first-order valence-electron chi connectivity index (χ1n) is 11.1. The largest absolute Gasteiger partial charge is 0.493 e. The minimum absolute atomic E-state index is 0.121. The van der Waals surface area contributed by atoms with E-state index in [1.807, 2.05) is 30.3 Å². The Bertz CT molecular complexity index is 1070. The first-order valence-corrected chi connectivity index (χ1v) is 11.1. The van der Waals surface area contributed by atoms with Gasteiger partial charge in [0.2, 0.25) is 11.9 Å². The molecule has 0 heterocycles. The van der Waals surface area contributed by atoms with Gasteiger partial charge in [-0.25, -0.2) is 4.79 Å². The Labute approximate surface area is 204 Å². The third-order valence-electron chi connectivity index (χ3n) is 5.18. The highest BCUT2D eigenvalue weighted by Crippen LogP contribution is 2.41. The quantitative estimate of drug-likeness (QED) is 0.381. The second-order valence-corrected chi connectivity index (χ2v) is 7.42. The molecule has 0 spiro atoms. The third kappa shape index (κ3) is 6.36. The molecule has 0 saturated carbocycles. The molecular weight excluding hydrogens is 452 g/mol. The number of para-hydroxylation sites is 2. The molecule has 0 aliphatic carbocycles. The van der Waals surface area contributed by atoms with Crippen molar-refractivity contribution in [2.24, 2.45) is 0 Å². The molecule has 0 unspecified atom stereocenters. The van der Waals surface area contributed by atoms with Crippen LogP contribution in [-0.4, -0.2) is 45.1 Å². The van der Waals surface area contributed by atoms with Crippen LogP contribution in [0.3, 0.4) is 0 Å². The van der Waals surface area contributed by atoms with Gasteiger partial charge in [-0.05, 0) is 42.3 Å². The van der Waals surface area contributed by atoms with Gasteiger partial charge in [0, 0.05) is 0 Å². The van der Waals surface area contributed by atoms with Gasteiger partial charge in [-0.1, -0.05) is 42.5 Å². The summed E-state index contributed by atoms with van der Waals surface area (Å²) in [5.74, 6) is 0.993. The van der Waals surface area contributed by atoms with Gasteiger partial charge in [0.05, 0.1) is 27.9 Å². The summed E-state index contributed by atoms with van der Waals surface area (Å²) >= 11 is 0. The van der Waals surface area contributed by atoms with Crippen LogP contribution >= 0.6 is 0 Å². The molecule has 0 fully saturated rings. The fraction of sp³-hybridized carbons (Fsp3) is 0.296. The Morgan fingerprint density at radius 3 is 1.97 bits per heavy atom. The normalized spacial score (nSPS) is 12.3. The monoisotopic (exact) mass is 482 g/mol. The zero-order chi connectivity index (χ0) is 25.2. The summed E-state index contributed by atoms with van der Waals surface area (Å²) in [6, 6.07) is 19.6. The number of esters is 1. The summed E-state index contributed by atoms with van der Waals surface area (Å²) in [6.07, 6.45) is -2.79. The number of carbonyl (C=O) groups is 1. The van der Waals surface area contributed by atoms with E-state index in [2.05, 4.69) is 0 Å². The van der Waals surface area contributed by atoms with E-state index in [1.54, 1.807) is 43.3 Å². The molecule has 35 heavy (non-hydrogen) atoms. The molecule has 0 aromatic heterocycles. The van der Waals surface area contributed by atoms with Gasteiger partial charge in [0.15, 0.2) is 23.0 Å². The summed E-state index contributed by atoms with van der Waals surface area (Å²) < 4.78 is 33.4. The van der Waals surface area contributed by atoms with Crippen molar-refractivity contribution < 1.29 is 38.3 Å². The molecule has 3 rings (SSSR count). The van der Waals surface area contributed by atoms with Crippen LogP contribution in [0.5, 0.6) is 28.7 Å². The number of aliphatic hydroxyl groups is 1. The third-order valence-corrected chi connectivity index (χ3v) is 5.18. The molecule has 3 aromatic rings. The molecule has 3 aromatic carbocycles. The van der Waals surface area contributed by atoms with E-state index in [1.165, 1.54) is 21.3 Å². The maximum absolute atomic E-state index is 12.8. The molecule has 1 N–H and O–H groups in total. The molecule has 0 saturated heterocycles. The maximum Gasteiger partial charge on any atom is 0.350 e. The highest BCUT2D eigenvalue weighted by atomic mass is 16.6. The molecule has 0 aliphatic rings. The summed E-state index contributed by atoms with van der Waals surface area (Å²) in [5.41, 5.74) is 1.28. The Balaban J connectivity index is 1.94. The van der Waals surface area contributed by atoms with Crippen LogP contribution in [0, 0.1) is 0 Å². The summed E-state index contributed by atoms with van der Waals surface area (Å²) in [7, 11) is 4.45. The molecule has 186 valence electrons. The van der Waals surface area contributed by atoms with E-state index in [0.29, 0.717) is 28.6 Å². The van der Waals surface area contributed by atoms with E-state index >= 15 is 0 Å². The van der Waals surface area contributed by atoms with Gasteiger partial charge >= 0.3 is 5.97 Å². The summed E-state index contributed by atoms with van der Waals surface area (Å²) in [4.78, 5) is 12.8. The zero-order valence-corrected chi connectivity index (χ0v) is 20.2. The summed E-state index contributed by atoms with van der Waals surface area (Å²) in [6.45, 7) is 2.09. The molecule has 0 aliphatic heterocycles. The topological polar surface area (TPSA) is 92.7 Å². The van der Waals surface area contributed by atoms with E-state index in [0.717, 1.165) is 5.56 Å². The van der Waals surface area contributed by atoms with Crippen molar-refractivity contribution in [1.82, 2.24) is 0 Å². The number of ether oxygens (including phenoxy) is 6. The number of benzene rings is 3. The number of carbonyl (C=O) groups excluding carboxylic acids is 1. The van der Waals surface area contributed by atoms with E-state index < -0.39 is 18.2 Å². The minimum Gasteiger partial charge on any atom is -0.493 e. The lowest BCUT2D eigenvalue weighted by atomic mass is 10.0. The molecular formula is C27H30O8. The zero-order valence-electron chi connectivity index (χ0n) is 20.2. The van der Waals surface area contributed by atoms with Crippen LogP contribution in [-0.2, 0) is 16.1 Å². The van der Waals surface area contributed by atoms with Crippen LogP contribution in [0.15, 0.2) is 66.7 Å². The van der Waals surface area contributed by atoms with Gasteiger partial charge in [0.1, 0.15) is 12.7 Å².